The van der Waals surface area contributed by atoms with Crippen LogP contribution in [0.25, 0.3) is 0 Å². The number of amides is 1. The van der Waals surface area contributed by atoms with E-state index in [1.54, 1.807) is 37.3 Å². The zero-order chi connectivity index (χ0) is 15.6. The van der Waals surface area contributed by atoms with Crippen molar-refractivity contribution in [1.29, 1.82) is 0 Å². The van der Waals surface area contributed by atoms with E-state index < -0.39 is 11.9 Å². The summed E-state index contributed by atoms with van der Waals surface area (Å²) in [6, 6.07) is 9.44. The van der Waals surface area contributed by atoms with Gasteiger partial charge in [0, 0.05) is 15.1 Å². The third-order valence-corrected chi connectivity index (χ3v) is 3.80. The molecule has 1 amide bonds. The Hall–Kier alpha value is -1.85. The van der Waals surface area contributed by atoms with E-state index in [0.29, 0.717) is 15.1 Å². The van der Waals surface area contributed by atoms with E-state index >= 15 is 0 Å². The van der Waals surface area contributed by atoms with Gasteiger partial charge in [0.05, 0.1) is 11.3 Å². The number of carboxylic acids is 1. The summed E-state index contributed by atoms with van der Waals surface area (Å²) in [5.41, 5.74) is 1.44. The maximum absolute atomic E-state index is 12.2. The summed E-state index contributed by atoms with van der Waals surface area (Å²) < 4.78 is 0.676. The number of benzene rings is 2. The summed E-state index contributed by atoms with van der Waals surface area (Å²) in [4.78, 5) is 23.4. The molecule has 0 radical (unpaired) electrons. The van der Waals surface area contributed by atoms with E-state index in [2.05, 4.69) is 21.2 Å². The topological polar surface area (TPSA) is 66.4 Å². The van der Waals surface area contributed by atoms with E-state index in [0.717, 1.165) is 5.56 Å². The number of halogens is 2. The van der Waals surface area contributed by atoms with Crippen molar-refractivity contribution >= 4 is 45.1 Å². The van der Waals surface area contributed by atoms with Gasteiger partial charge in [0.25, 0.3) is 5.91 Å². The summed E-state index contributed by atoms with van der Waals surface area (Å²) in [6.07, 6.45) is 0. The van der Waals surface area contributed by atoms with E-state index in [-0.39, 0.29) is 11.3 Å². The lowest BCUT2D eigenvalue weighted by Crippen LogP contribution is -2.15. The van der Waals surface area contributed by atoms with Crippen molar-refractivity contribution in [3.63, 3.8) is 0 Å². The molecule has 0 atom stereocenters. The van der Waals surface area contributed by atoms with Gasteiger partial charge in [-0.05, 0) is 48.9 Å². The monoisotopic (exact) mass is 367 g/mol. The Morgan fingerprint density at radius 3 is 2.52 bits per heavy atom. The molecule has 0 aliphatic heterocycles. The maximum Gasteiger partial charge on any atom is 0.337 e. The second-order valence-corrected chi connectivity index (χ2v) is 5.74. The Morgan fingerprint density at radius 2 is 1.90 bits per heavy atom. The first kappa shape index (κ1) is 15.5. The molecule has 0 saturated carbocycles. The van der Waals surface area contributed by atoms with Crippen molar-refractivity contribution < 1.29 is 14.7 Å². The van der Waals surface area contributed by atoms with Gasteiger partial charge in [-0.2, -0.15) is 0 Å². The lowest BCUT2D eigenvalue weighted by molar-refractivity contribution is 0.0698. The van der Waals surface area contributed by atoms with Crippen LogP contribution in [0.15, 0.2) is 40.9 Å². The molecular weight excluding hydrogens is 358 g/mol. The fourth-order valence-electron chi connectivity index (χ4n) is 1.79. The van der Waals surface area contributed by atoms with Crippen molar-refractivity contribution in [3.8, 4) is 0 Å². The molecular formula is C15H11BrClNO3. The summed E-state index contributed by atoms with van der Waals surface area (Å²) in [5, 5.41) is 12.3. The van der Waals surface area contributed by atoms with E-state index in [4.69, 9.17) is 16.7 Å². The first-order chi connectivity index (χ1) is 9.88. The van der Waals surface area contributed by atoms with Crippen LogP contribution in [0.4, 0.5) is 5.69 Å². The minimum atomic E-state index is -1.11. The highest BCUT2D eigenvalue weighted by atomic mass is 79.9. The first-order valence-electron chi connectivity index (χ1n) is 5.99. The molecule has 2 aromatic carbocycles. The predicted octanol–water partition coefficient (Wildman–Crippen LogP) is 4.36. The molecule has 2 aromatic rings. The molecule has 21 heavy (non-hydrogen) atoms. The minimum absolute atomic E-state index is 0.0252. The predicted molar refractivity (Wildman–Crippen MR) is 85.2 cm³/mol. The molecule has 2 N–H and O–H groups in total. The molecule has 2 rings (SSSR count). The van der Waals surface area contributed by atoms with Gasteiger partial charge in [-0.15, -0.1) is 0 Å². The average Bonchev–Trinajstić information content (AvgIpc) is 2.41. The zero-order valence-corrected chi connectivity index (χ0v) is 13.3. The van der Waals surface area contributed by atoms with E-state index in [9.17, 15) is 9.59 Å². The van der Waals surface area contributed by atoms with Crippen molar-refractivity contribution in [1.82, 2.24) is 0 Å². The van der Waals surface area contributed by atoms with E-state index in [1.165, 1.54) is 6.07 Å². The molecule has 6 heteroatoms. The van der Waals surface area contributed by atoms with Crippen molar-refractivity contribution in [3.05, 3.63) is 62.6 Å². The highest BCUT2D eigenvalue weighted by Crippen LogP contribution is 2.23. The van der Waals surface area contributed by atoms with Gasteiger partial charge in [-0.3, -0.25) is 4.79 Å². The number of carbonyl (C=O) groups excluding carboxylic acids is 1. The molecule has 4 nitrogen and oxygen atoms in total. The van der Waals surface area contributed by atoms with Gasteiger partial charge in [0.15, 0.2) is 0 Å². The Kier molecular flexibility index (Phi) is 4.65. The largest absolute Gasteiger partial charge is 0.478 e. The van der Waals surface area contributed by atoms with Crippen LogP contribution in [-0.4, -0.2) is 17.0 Å². The minimum Gasteiger partial charge on any atom is -0.478 e. The van der Waals surface area contributed by atoms with Crippen molar-refractivity contribution in [2.24, 2.45) is 0 Å². The Morgan fingerprint density at radius 1 is 1.19 bits per heavy atom. The Balaban J connectivity index is 2.33. The zero-order valence-electron chi connectivity index (χ0n) is 11.0. The summed E-state index contributed by atoms with van der Waals surface area (Å²) in [7, 11) is 0. The Bertz CT molecular complexity index is 731. The number of carboxylic acid groups (broad SMARTS) is 1. The van der Waals surface area contributed by atoms with Gasteiger partial charge in [-0.25, -0.2) is 4.79 Å². The molecule has 0 unspecified atom stereocenters. The molecule has 108 valence electrons. The number of hydrogen-bond acceptors (Lipinski definition) is 2. The standard InChI is InChI=1S/C15H11BrClNO3/c1-8-6-9(2-5-12(8)17)14(19)18-13-7-10(16)3-4-11(13)15(20)21/h2-7H,1H3,(H,18,19)(H,20,21). The molecule has 0 fully saturated rings. The van der Waals surface area contributed by atoms with Gasteiger partial charge in [-0.1, -0.05) is 27.5 Å². The Labute approximate surface area is 134 Å². The van der Waals surface area contributed by atoms with Gasteiger partial charge >= 0.3 is 5.97 Å². The molecule has 0 aromatic heterocycles. The van der Waals surface area contributed by atoms with Gasteiger partial charge < -0.3 is 10.4 Å². The second kappa shape index (κ2) is 6.28. The highest BCUT2D eigenvalue weighted by Gasteiger charge is 2.14. The molecule has 0 heterocycles. The number of aryl methyl sites for hydroxylation is 1. The second-order valence-electron chi connectivity index (χ2n) is 4.41. The van der Waals surface area contributed by atoms with Crippen LogP contribution < -0.4 is 5.32 Å². The molecule has 0 aliphatic carbocycles. The maximum atomic E-state index is 12.2. The molecule has 0 saturated heterocycles. The van der Waals surface area contributed by atoms with Crippen molar-refractivity contribution in [2.45, 2.75) is 6.92 Å². The number of anilines is 1. The number of nitrogens with one attached hydrogen (secondary N) is 1. The van der Waals surface area contributed by atoms with Crippen LogP contribution in [0, 0.1) is 6.92 Å². The molecule has 0 bridgehead atoms. The number of hydrogen-bond donors (Lipinski definition) is 2. The van der Waals surface area contributed by atoms with Crippen molar-refractivity contribution in [2.75, 3.05) is 5.32 Å². The van der Waals surface area contributed by atoms with Gasteiger partial charge in [0.1, 0.15) is 0 Å². The SMILES string of the molecule is Cc1cc(C(=O)Nc2cc(Br)ccc2C(=O)O)ccc1Cl. The van der Waals surface area contributed by atoms with Crippen LogP contribution >= 0.6 is 27.5 Å². The number of carbonyl (C=O) groups is 2. The van der Waals surface area contributed by atoms with E-state index in [1.807, 2.05) is 0 Å². The quantitative estimate of drug-likeness (QED) is 0.846. The molecule has 0 spiro atoms. The summed E-state index contributed by atoms with van der Waals surface area (Å²) in [6.45, 7) is 1.79. The number of rotatable bonds is 3. The normalized spacial score (nSPS) is 10.2. The first-order valence-corrected chi connectivity index (χ1v) is 7.16. The van der Waals surface area contributed by atoms with Crippen LogP contribution in [-0.2, 0) is 0 Å². The third kappa shape index (κ3) is 3.62. The van der Waals surface area contributed by atoms with Crippen LogP contribution in [0.5, 0.6) is 0 Å². The van der Waals surface area contributed by atoms with Crippen LogP contribution in [0.3, 0.4) is 0 Å². The molecule has 0 aliphatic rings. The summed E-state index contributed by atoms with van der Waals surface area (Å²) >= 11 is 9.17. The van der Waals surface area contributed by atoms with Gasteiger partial charge in [0.2, 0.25) is 0 Å². The lowest BCUT2D eigenvalue weighted by Gasteiger charge is -2.10. The summed E-state index contributed by atoms with van der Waals surface area (Å²) in [5.74, 6) is -1.50. The smallest absolute Gasteiger partial charge is 0.337 e. The fraction of sp³-hybridized carbons (Fsp3) is 0.0667. The van der Waals surface area contributed by atoms with Crippen LogP contribution in [0.1, 0.15) is 26.3 Å². The average molecular weight is 369 g/mol. The third-order valence-electron chi connectivity index (χ3n) is 2.88. The van der Waals surface area contributed by atoms with Crippen LogP contribution in [0.2, 0.25) is 5.02 Å². The highest BCUT2D eigenvalue weighted by molar-refractivity contribution is 9.10. The number of aromatic carboxylic acids is 1. The lowest BCUT2D eigenvalue weighted by atomic mass is 10.1. The fourth-order valence-corrected chi connectivity index (χ4v) is 2.27.